The number of nitrogens with zero attached hydrogens (tertiary/aromatic N) is 2. The predicted octanol–water partition coefficient (Wildman–Crippen LogP) is 0.661. The Balaban J connectivity index is 1.24. The molecule has 2 N–H and O–H groups in total. The first-order valence-electron chi connectivity index (χ1n) is 10.0. The number of aliphatic hydroxyl groups excluding tert-OH is 1. The highest BCUT2D eigenvalue weighted by Crippen LogP contribution is 2.33. The maximum absolute atomic E-state index is 11.1. The highest BCUT2D eigenvalue weighted by molar-refractivity contribution is 5.46. The van der Waals surface area contributed by atoms with Gasteiger partial charge in [0.25, 0.3) is 0 Å². The van der Waals surface area contributed by atoms with Gasteiger partial charge in [-0.25, -0.2) is 0 Å². The normalized spacial score (nSPS) is 37.9. The molecule has 6 heteroatoms. The molecule has 4 fully saturated rings. The van der Waals surface area contributed by atoms with Gasteiger partial charge in [0.1, 0.15) is 6.10 Å². The highest BCUT2D eigenvalue weighted by atomic mass is 16.7. The first kappa shape index (κ1) is 17.0. The fraction of sp³-hybridized carbons (Fsp3) is 0.700. The third kappa shape index (κ3) is 3.25. The molecule has 1 aromatic rings. The molecule has 0 radical (unpaired) electrons. The number of rotatable bonds is 5. The van der Waals surface area contributed by atoms with Gasteiger partial charge in [-0.3, -0.25) is 4.90 Å². The zero-order valence-corrected chi connectivity index (χ0v) is 15.2. The lowest BCUT2D eigenvalue weighted by atomic mass is 9.94. The zero-order chi connectivity index (χ0) is 17.5. The molecule has 0 unspecified atom stereocenters. The van der Waals surface area contributed by atoms with Gasteiger partial charge in [-0.05, 0) is 37.4 Å². The first-order valence-corrected chi connectivity index (χ1v) is 10.0. The summed E-state index contributed by atoms with van der Waals surface area (Å²) in [5, 5.41) is 14.7. The van der Waals surface area contributed by atoms with Crippen LogP contribution in [0.15, 0.2) is 30.3 Å². The van der Waals surface area contributed by atoms with E-state index in [4.69, 9.17) is 9.47 Å². The fourth-order valence-corrected chi connectivity index (χ4v) is 4.58. The van der Waals surface area contributed by atoms with Crippen molar-refractivity contribution in [1.82, 2.24) is 10.2 Å². The molecule has 142 valence electrons. The Bertz CT molecular complexity index is 604. The summed E-state index contributed by atoms with van der Waals surface area (Å²) < 4.78 is 12.0. The van der Waals surface area contributed by atoms with Crippen LogP contribution in [0.25, 0.3) is 0 Å². The van der Waals surface area contributed by atoms with E-state index in [-0.39, 0.29) is 24.5 Å². The molecule has 0 spiro atoms. The summed E-state index contributed by atoms with van der Waals surface area (Å²) >= 11 is 0. The second-order valence-electron chi connectivity index (χ2n) is 8.09. The SMILES string of the molecule is O[C@H]1[C@H](NCC2CC2)[C@H]2CO[C@H](O2)[C@@H]1N1CCN(c2ccccc2)CC1. The Morgan fingerprint density at radius 3 is 2.58 bits per heavy atom. The van der Waals surface area contributed by atoms with Crippen LogP contribution in [0, 0.1) is 5.92 Å². The molecule has 3 heterocycles. The molecule has 2 bridgehead atoms. The minimum atomic E-state index is -0.441. The summed E-state index contributed by atoms with van der Waals surface area (Å²) in [4.78, 5) is 4.77. The number of nitrogens with one attached hydrogen (secondary N) is 1. The van der Waals surface area contributed by atoms with E-state index < -0.39 is 6.10 Å². The van der Waals surface area contributed by atoms with Crippen LogP contribution in [-0.4, -0.2) is 79.9 Å². The Morgan fingerprint density at radius 1 is 1.08 bits per heavy atom. The van der Waals surface area contributed by atoms with Crippen molar-refractivity contribution in [2.24, 2.45) is 5.92 Å². The summed E-state index contributed by atoms with van der Waals surface area (Å²) in [6, 6.07) is 10.5. The Labute approximate surface area is 155 Å². The van der Waals surface area contributed by atoms with Gasteiger partial charge in [-0.1, -0.05) is 18.2 Å². The van der Waals surface area contributed by atoms with E-state index in [2.05, 4.69) is 45.4 Å². The van der Waals surface area contributed by atoms with Crippen molar-refractivity contribution in [2.75, 3.05) is 44.2 Å². The van der Waals surface area contributed by atoms with Crippen molar-refractivity contribution in [2.45, 2.75) is 43.4 Å². The van der Waals surface area contributed by atoms with Crippen LogP contribution in [0.2, 0.25) is 0 Å². The van der Waals surface area contributed by atoms with Gasteiger partial charge in [0.05, 0.1) is 24.8 Å². The zero-order valence-electron chi connectivity index (χ0n) is 15.2. The van der Waals surface area contributed by atoms with E-state index >= 15 is 0 Å². The number of hydrogen-bond acceptors (Lipinski definition) is 6. The van der Waals surface area contributed by atoms with Crippen LogP contribution >= 0.6 is 0 Å². The van der Waals surface area contributed by atoms with Crippen molar-refractivity contribution < 1.29 is 14.6 Å². The second-order valence-corrected chi connectivity index (χ2v) is 8.09. The lowest BCUT2D eigenvalue weighted by Gasteiger charge is -2.47. The van der Waals surface area contributed by atoms with Crippen LogP contribution in [0.5, 0.6) is 0 Å². The van der Waals surface area contributed by atoms with Gasteiger partial charge in [0.2, 0.25) is 0 Å². The molecule has 26 heavy (non-hydrogen) atoms. The van der Waals surface area contributed by atoms with Crippen molar-refractivity contribution in [3.63, 3.8) is 0 Å². The van der Waals surface area contributed by atoms with Gasteiger partial charge in [-0.2, -0.15) is 0 Å². The van der Waals surface area contributed by atoms with Gasteiger partial charge in [0, 0.05) is 31.9 Å². The molecule has 0 aromatic heterocycles. The smallest absolute Gasteiger partial charge is 0.176 e. The second kappa shape index (κ2) is 7.09. The number of fused-ring (bicyclic) bond motifs is 2. The van der Waals surface area contributed by atoms with Crippen LogP contribution in [0.4, 0.5) is 5.69 Å². The molecule has 0 amide bonds. The standard InChI is InChI=1S/C20H29N3O3/c24-19-17(21-12-14-6-7-14)16-13-25-20(26-16)18(19)23-10-8-22(9-11-23)15-4-2-1-3-5-15/h1-5,14,16-21,24H,6-13H2/t16-,17-,18-,19+,20-/m1/s1. The van der Waals surface area contributed by atoms with E-state index in [1.165, 1.54) is 18.5 Å². The van der Waals surface area contributed by atoms with Gasteiger partial charge < -0.3 is 24.8 Å². The first-order chi connectivity index (χ1) is 12.8. The van der Waals surface area contributed by atoms with Crippen LogP contribution in [0.1, 0.15) is 12.8 Å². The van der Waals surface area contributed by atoms with Crippen molar-refractivity contribution in [1.29, 1.82) is 0 Å². The average Bonchev–Trinajstić information content (AvgIpc) is 3.42. The summed E-state index contributed by atoms with van der Waals surface area (Å²) in [6.07, 6.45) is 1.87. The van der Waals surface area contributed by atoms with E-state index in [0.29, 0.717) is 6.61 Å². The summed E-state index contributed by atoms with van der Waals surface area (Å²) in [6.45, 7) is 5.33. The molecular formula is C20H29N3O3. The average molecular weight is 359 g/mol. The molecular weight excluding hydrogens is 330 g/mol. The molecule has 4 aliphatic rings. The number of ether oxygens (including phenoxy) is 2. The lowest BCUT2D eigenvalue weighted by molar-refractivity contribution is -0.183. The Morgan fingerprint density at radius 2 is 1.85 bits per heavy atom. The number of benzene rings is 1. The number of aliphatic hydroxyl groups is 1. The number of anilines is 1. The van der Waals surface area contributed by atoms with Crippen LogP contribution in [-0.2, 0) is 9.47 Å². The summed E-state index contributed by atoms with van der Waals surface area (Å²) in [7, 11) is 0. The highest BCUT2D eigenvalue weighted by Gasteiger charge is 2.52. The molecule has 5 atom stereocenters. The quantitative estimate of drug-likeness (QED) is 0.806. The third-order valence-electron chi connectivity index (χ3n) is 6.33. The molecule has 1 aliphatic carbocycles. The Kier molecular flexibility index (Phi) is 4.63. The largest absolute Gasteiger partial charge is 0.390 e. The molecule has 5 rings (SSSR count). The fourth-order valence-electron chi connectivity index (χ4n) is 4.58. The molecule has 6 nitrogen and oxygen atoms in total. The minimum Gasteiger partial charge on any atom is -0.390 e. The molecule has 1 aromatic carbocycles. The lowest BCUT2D eigenvalue weighted by Crippen LogP contribution is -2.66. The Hall–Kier alpha value is -1.18. The van der Waals surface area contributed by atoms with Crippen molar-refractivity contribution in [3.05, 3.63) is 30.3 Å². The van der Waals surface area contributed by atoms with Crippen LogP contribution < -0.4 is 10.2 Å². The summed E-state index contributed by atoms with van der Waals surface area (Å²) in [5.41, 5.74) is 1.27. The maximum atomic E-state index is 11.1. The minimum absolute atomic E-state index is 0.0180. The van der Waals surface area contributed by atoms with Gasteiger partial charge in [-0.15, -0.1) is 0 Å². The maximum Gasteiger partial charge on any atom is 0.176 e. The number of para-hydroxylation sites is 1. The van der Waals surface area contributed by atoms with E-state index in [1.54, 1.807) is 0 Å². The molecule has 1 saturated carbocycles. The van der Waals surface area contributed by atoms with Gasteiger partial charge >= 0.3 is 0 Å². The van der Waals surface area contributed by atoms with Crippen molar-refractivity contribution >= 4 is 5.69 Å². The molecule has 3 saturated heterocycles. The van der Waals surface area contributed by atoms with Crippen LogP contribution in [0.3, 0.4) is 0 Å². The third-order valence-corrected chi connectivity index (χ3v) is 6.33. The van der Waals surface area contributed by atoms with E-state index in [9.17, 15) is 5.11 Å². The monoisotopic (exact) mass is 359 g/mol. The number of hydrogen-bond donors (Lipinski definition) is 2. The topological polar surface area (TPSA) is 57.2 Å². The summed E-state index contributed by atoms with van der Waals surface area (Å²) in [5.74, 6) is 0.787. The van der Waals surface area contributed by atoms with Gasteiger partial charge in [0.15, 0.2) is 6.29 Å². The van der Waals surface area contributed by atoms with Crippen molar-refractivity contribution in [3.8, 4) is 0 Å². The number of piperazine rings is 1. The van der Waals surface area contributed by atoms with E-state index in [0.717, 1.165) is 38.6 Å². The predicted molar refractivity (Wildman–Crippen MR) is 99.2 cm³/mol. The molecule has 3 aliphatic heterocycles. The van der Waals surface area contributed by atoms with E-state index in [1.807, 2.05) is 0 Å².